The highest BCUT2D eigenvalue weighted by Gasteiger charge is 2.27. The minimum Gasteiger partial charge on any atom is -0.337 e. The van der Waals surface area contributed by atoms with Crippen LogP contribution in [0.1, 0.15) is 16.8 Å². The van der Waals surface area contributed by atoms with Crippen molar-refractivity contribution >= 4 is 29.9 Å². The molecule has 0 saturated carbocycles. The molecule has 1 aliphatic rings. The van der Waals surface area contributed by atoms with Crippen LogP contribution in [0.3, 0.4) is 0 Å². The Hall–Kier alpha value is -0.910. The predicted octanol–water partition coefficient (Wildman–Crippen LogP) is 2.21. The second-order valence-electron chi connectivity index (χ2n) is 4.05. The summed E-state index contributed by atoms with van der Waals surface area (Å²) < 4.78 is 26.7. The molecule has 1 atom stereocenters. The molecule has 1 fully saturated rings. The fraction of sp³-hybridized carbons (Fsp3) is 0.364. The Morgan fingerprint density at radius 1 is 1.39 bits per heavy atom. The maximum absolute atomic E-state index is 13.5. The molecule has 2 N–H and O–H groups in total. The number of hydrogen-bond acceptors (Lipinski definition) is 2. The summed E-state index contributed by atoms with van der Waals surface area (Å²) in [6.45, 7) is 0.826. The van der Waals surface area contributed by atoms with Crippen molar-refractivity contribution in [2.24, 2.45) is 5.73 Å². The van der Waals surface area contributed by atoms with Gasteiger partial charge < -0.3 is 10.6 Å². The number of rotatable bonds is 1. The van der Waals surface area contributed by atoms with Crippen LogP contribution in [-0.2, 0) is 0 Å². The van der Waals surface area contributed by atoms with Crippen LogP contribution in [0.25, 0.3) is 0 Å². The maximum atomic E-state index is 13.5. The van der Waals surface area contributed by atoms with Gasteiger partial charge in [-0.1, -0.05) is 11.6 Å². The molecule has 0 unspecified atom stereocenters. The monoisotopic (exact) mass is 296 g/mol. The minimum atomic E-state index is -0.818. The van der Waals surface area contributed by atoms with E-state index in [-0.39, 0.29) is 29.0 Å². The summed E-state index contributed by atoms with van der Waals surface area (Å²) in [5.74, 6) is -2.17. The van der Waals surface area contributed by atoms with Gasteiger partial charge in [0.15, 0.2) is 0 Å². The van der Waals surface area contributed by atoms with Crippen molar-refractivity contribution in [2.45, 2.75) is 12.5 Å². The van der Waals surface area contributed by atoms with Gasteiger partial charge in [-0.05, 0) is 18.6 Å². The molecule has 0 spiro atoms. The number of carbonyl (C=O) groups excluding carboxylic acids is 1. The third-order valence-electron chi connectivity index (χ3n) is 2.75. The quantitative estimate of drug-likeness (QED) is 0.808. The van der Waals surface area contributed by atoms with Crippen molar-refractivity contribution in [3.63, 3.8) is 0 Å². The number of amides is 1. The standard InChI is InChI=1S/C11H11ClF2N2O.ClH/c12-8-4-9(13)7(3-10(8)14)11(17)16-2-1-6(15)5-16;/h3-4,6H,1-2,5,15H2;1H/t6-;/m1./s1. The molecule has 1 amide bonds. The molecule has 2 rings (SSSR count). The summed E-state index contributed by atoms with van der Waals surface area (Å²) >= 11 is 5.41. The molecule has 1 heterocycles. The van der Waals surface area contributed by atoms with Gasteiger partial charge in [-0.25, -0.2) is 8.78 Å². The third kappa shape index (κ3) is 2.91. The van der Waals surface area contributed by atoms with E-state index in [4.69, 9.17) is 17.3 Å². The Balaban J connectivity index is 0.00000162. The largest absolute Gasteiger partial charge is 0.337 e. The van der Waals surface area contributed by atoms with Crippen LogP contribution >= 0.6 is 24.0 Å². The third-order valence-corrected chi connectivity index (χ3v) is 3.04. The lowest BCUT2D eigenvalue weighted by molar-refractivity contribution is 0.0785. The first-order valence-corrected chi connectivity index (χ1v) is 5.56. The molecule has 100 valence electrons. The van der Waals surface area contributed by atoms with Gasteiger partial charge in [0.1, 0.15) is 11.6 Å². The number of halogens is 4. The average Bonchev–Trinajstić information content (AvgIpc) is 2.69. The van der Waals surface area contributed by atoms with Crippen molar-refractivity contribution in [2.75, 3.05) is 13.1 Å². The topological polar surface area (TPSA) is 46.3 Å². The van der Waals surface area contributed by atoms with Crippen LogP contribution < -0.4 is 5.73 Å². The van der Waals surface area contributed by atoms with Crippen LogP contribution in [0.4, 0.5) is 8.78 Å². The van der Waals surface area contributed by atoms with Crippen molar-refractivity contribution in [1.29, 1.82) is 0 Å². The summed E-state index contributed by atoms with van der Waals surface area (Å²) in [6.07, 6.45) is 0.670. The SMILES string of the molecule is Cl.N[C@@H]1CCN(C(=O)c2cc(F)c(Cl)cc2F)C1. The molecule has 0 aliphatic carbocycles. The van der Waals surface area contributed by atoms with Crippen molar-refractivity contribution in [3.05, 3.63) is 34.4 Å². The highest BCUT2D eigenvalue weighted by Crippen LogP contribution is 2.21. The molecular weight excluding hydrogens is 285 g/mol. The second-order valence-corrected chi connectivity index (χ2v) is 4.45. The first-order valence-electron chi connectivity index (χ1n) is 5.18. The Bertz CT molecular complexity index is 471. The van der Waals surface area contributed by atoms with Gasteiger partial charge in [0, 0.05) is 19.1 Å². The molecule has 7 heteroatoms. The summed E-state index contributed by atoms with van der Waals surface area (Å²) in [4.78, 5) is 13.3. The average molecular weight is 297 g/mol. The first kappa shape index (κ1) is 15.1. The summed E-state index contributed by atoms with van der Waals surface area (Å²) in [6, 6.07) is 1.53. The van der Waals surface area contributed by atoms with Gasteiger partial charge in [0.05, 0.1) is 10.6 Å². The maximum Gasteiger partial charge on any atom is 0.256 e. The summed E-state index contributed by atoms with van der Waals surface area (Å²) in [7, 11) is 0. The number of likely N-dealkylation sites (tertiary alicyclic amines) is 1. The van der Waals surface area contributed by atoms with E-state index in [0.29, 0.717) is 19.5 Å². The number of nitrogens with zero attached hydrogens (tertiary/aromatic N) is 1. The second kappa shape index (κ2) is 5.82. The molecule has 3 nitrogen and oxygen atoms in total. The van der Waals surface area contributed by atoms with Crippen LogP contribution in [0, 0.1) is 11.6 Å². The molecule has 18 heavy (non-hydrogen) atoms. The molecule has 0 bridgehead atoms. The van der Waals surface area contributed by atoms with Crippen molar-refractivity contribution in [1.82, 2.24) is 4.90 Å². The fourth-order valence-corrected chi connectivity index (χ4v) is 1.98. The lowest BCUT2D eigenvalue weighted by atomic mass is 10.2. The zero-order chi connectivity index (χ0) is 12.6. The van der Waals surface area contributed by atoms with E-state index < -0.39 is 17.5 Å². The Kier molecular flexibility index (Phi) is 4.90. The Morgan fingerprint density at radius 2 is 2.06 bits per heavy atom. The van der Waals surface area contributed by atoms with Gasteiger partial charge in [-0.2, -0.15) is 0 Å². The van der Waals surface area contributed by atoms with Gasteiger partial charge in [-0.3, -0.25) is 4.79 Å². The highest BCUT2D eigenvalue weighted by atomic mass is 35.5. The molecule has 1 aromatic rings. The van der Waals surface area contributed by atoms with E-state index in [9.17, 15) is 13.6 Å². The molecular formula is C11H12Cl2F2N2O. The zero-order valence-corrected chi connectivity index (χ0v) is 10.9. The van der Waals surface area contributed by atoms with Crippen LogP contribution in [0.5, 0.6) is 0 Å². The van der Waals surface area contributed by atoms with E-state index in [1.807, 2.05) is 0 Å². The summed E-state index contributed by atoms with van der Waals surface area (Å²) in [5, 5.41) is -0.336. The van der Waals surface area contributed by atoms with Crippen LogP contribution in [0.2, 0.25) is 5.02 Å². The fourth-order valence-electron chi connectivity index (χ4n) is 1.83. The van der Waals surface area contributed by atoms with E-state index in [0.717, 1.165) is 12.1 Å². The van der Waals surface area contributed by atoms with Gasteiger partial charge in [-0.15, -0.1) is 12.4 Å². The highest BCUT2D eigenvalue weighted by molar-refractivity contribution is 6.30. The van der Waals surface area contributed by atoms with Gasteiger partial charge in [0.25, 0.3) is 5.91 Å². The lowest BCUT2D eigenvalue weighted by Gasteiger charge is -2.16. The number of nitrogens with two attached hydrogens (primary N) is 1. The van der Waals surface area contributed by atoms with Crippen LogP contribution in [-0.4, -0.2) is 29.9 Å². The predicted molar refractivity (Wildman–Crippen MR) is 67.1 cm³/mol. The van der Waals surface area contributed by atoms with E-state index in [1.165, 1.54) is 4.90 Å². The normalized spacial score (nSPS) is 18.7. The van der Waals surface area contributed by atoms with Crippen molar-refractivity contribution < 1.29 is 13.6 Å². The molecule has 1 aromatic carbocycles. The minimum absolute atomic E-state index is 0. The Labute approximate surface area is 114 Å². The lowest BCUT2D eigenvalue weighted by Crippen LogP contribution is -2.32. The number of carbonyl (C=O) groups is 1. The summed E-state index contributed by atoms with van der Waals surface area (Å²) in [5.41, 5.74) is 5.35. The number of hydrogen-bond donors (Lipinski definition) is 1. The van der Waals surface area contributed by atoms with Gasteiger partial charge >= 0.3 is 0 Å². The first-order chi connectivity index (χ1) is 7.99. The molecule has 0 aromatic heterocycles. The zero-order valence-electron chi connectivity index (χ0n) is 9.33. The molecule has 1 aliphatic heterocycles. The van der Waals surface area contributed by atoms with E-state index in [2.05, 4.69) is 0 Å². The van der Waals surface area contributed by atoms with E-state index in [1.54, 1.807) is 0 Å². The van der Waals surface area contributed by atoms with Crippen molar-refractivity contribution in [3.8, 4) is 0 Å². The Morgan fingerprint density at radius 3 is 2.61 bits per heavy atom. The van der Waals surface area contributed by atoms with Gasteiger partial charge in [0.2, 0.25) is 0 Å². The number of benzene rings is 1. The van der Waals surface area contributed by atoms with Crippen LogP contribution in [0.15, 0.2) is 12.1 Å². The smallest absolute Gasteiger partial charge is 0.256 e. The van der Waals surface area contributed by atoms with E-state index >= 15 is 0 Å². The molecule has 0 radical (unpaired) electrons. The molecule has 1 saturated heterocycles.